The van der Waals surface area contributed by atoms with Gasteiger partial charge in [-0.25, -0.2) is 0 Å². The Kier molecular flexibility index (Phi) is 4.18. The first-order valence-electron chi connectivity index (χ1n) is 5.86. The number of hydrogen-bond acceptors (Lipinski definition) is 3. The summed E-state index contributed by atoms with van der Waals surface area (Å²) in [7, 11) is 0. The van der Waals surface area contributed by atoms with E-state index < -0.39 is 0 Å². The van der Waals surface area contributed by atoms with E-state index in [2.05, 4.69) is 27.9 Å². The first-order chi connectivity index (χ1) is 8.97. The summed E-state index contributed by atoms with van der Waals surface area (Å²) in [4.78, 5) is 35.7. The Labute approximate surface area is 124 Å². The maximum atomic E-state index is 11.8. The molecule has 3 amide bonds. The van der Waals surface area contributed by atoms with Crippen LogP contribution in [0.1, 0.15) is 18.4 Å². The Balaban J connectivity index is 2.01. The summed E-state index contributed by atoms with van der Waals surface area (Å²) in [5, 5.41) is 2.72. The quantitative estimate of drug-likeness (QED) is 0.649. The van der Waals surface area contributed by atoms with Gasteiger partial charge >= 0.3 is 0 Å². The molecule has 100 valence electrons. The molecule has 1 saturated heterocycles. The molecule has 0 spiro atoms. The van der Waals surface area contributed by atoms with E-state index in [4.69, 9.17) is 0 Å². The molecule has 19 heavy (non-hydrogen) atoms. The summed E-state index contributed by atoms with van der Waals surface area (Å²) in [6.45, 7) is 1.69. The van der Waals surface area contributed by atoms with E-state index in [-0.39, 0.29) is 37.1 Å². The van der Waals surface area contributed by atoms with Gasteiger partial charge in [-0.05, 0) is 53.3 Å². The number of aryl methyl sites for hydroxylation is 1. The van der Waals surface area contributed by atoms with Gasteiger partial charge in [0.25, 0.3) is 0 Å². The monoisotopic (exact) mass is 372 g/mol. The van der Waals surface area contributed by atoms with Crippen molar-refractivity contribution in [1.82, 2.24) is 4.90 Å². The Bertz CT molecular complexity index is 541. The average molecular weight is 372 g/mol. The lowest BCUT2D eigenvalue weighted by Crippen LogP contribution is -2.36. The molecule has 1 N–H and O–H groups in total. The van der Waals surface area contributed by atoms with Crippen LogP contribution in [0.3, 0.4) is 0 Å². The number of anilines is 1. The minimum Gasteiger partial charge on any atom is -0.324 e. The lowest BCUT2D eigenvalue weighted by atomic mass is 10.2. The van der Waals surface area contributed by atoms with E-state index in [1.54, 1.807) is 0 Å². The van der Waals surface area contributed by atoms with Gasteiger partial charge in [0.2, 0.25) is 17.7 Å². The van der Waals surface area contributed by atoms with E-state index in [1.165, 1.54) is 0 Å². The standard InChI is InChI=1S/C13H13IN2O3/c1-8-6-9(14)2-3-10(8)15-11(17)7-16-12(18)4-5-13(16)19/h2-3,6H,4-5,7H2,1H3,(H,15,17). The first-order valence-corrected chi connectivity index (χ1v) is 6.94. The van der Waals surface area contributed by atoms with Gasteiger partial charge in [0, 0.05) is 22.1 Å². The molecule has 0 bridgehead atoms. The van der Waals surface area contributed by atoms with E-state index >= 15 is 0 Å². The van der Waals surface area contributed by atoms with Crippen LogP contribution < -0.4 is 5.32 Å². The number of carbonyl (C=O) groups is 3. The van der Waals surface area contributed by atoms with Crippen LogP contribution in [0, 0.1) is 10.5 Å². The molecule has 0 saturated carbocycles. The van der Waals surface area contributed by atoms with Gasteiger partial charge in [-0.15, -0.1) is 0 Å². The number of imide groups is 1. The van der Waals surface area contributed by atoms with Gasteiger partial charge in [0.15, 0.2) is 0 Å². The number of nitrogens with one attached hydrogen (secondary N) is 1. The molecule has 1 aromatic rings. The smallest absolute Gasteiger partial charge is 0.244 e. The second kappa shape index (κ2) is 5.68. The second-order valence-corrected chi connectivity index (χ2v) is 5.63. The Hall–Kier alpha value is -1.44. The zero-order chi connectivity index (χ0) is 14.0. The number of rotatable bonds is 3. The molecule has 6 heteroatoms. The number of benzene rings is 1. The van der Waals surface area contributed by atoms with Crippen molar-refractivity contribution in [2.24, 2.45) is 0 Å². The van der Waals surface area contributed by atoms with Crippen molar-refractivity contribution in [1.29, 1.82) is 0 Å². The molecule has 0 aliphatic carbocycles. The van der Waals surface area contributed by atoms with Gasteiger partial charge in [0.1, 0.15) is 6.54 Å². The van der Waals surface area contributed by atoms with Crippen molar-refractivity contribution in [3.8, 4) is 0 Å². The molecule has 1 aromatic carbocycles. The third kappa shape index (κ3) is 3.31. The third-order valence-electron chi connectivity index (χ3n) is 2.92. The van der Waals surface area contributed by atoms with Crippen LogP contribution in [0.2, 0.25) is 0 Å². The van der Waals surface area contributed by atoms with E-state index in [1.807, 2.05) is 25.1 Å². The molecule has 1 aliphatic heterocycles. The van der Waals surface area contributed by atoms with Gasteiger partial charge in [-0.1, -0.05) is 0 Å². The Morgan fingerprint density at radius 1 is 1.32 bits per heavy atom. The van der Waals surface area contributed by atoms with E-state index in [9.17, 15) is 14.4 Å². The SMILES string of the molecule is Cc1cc(I)ccc1NC(=O)CN1C(=O)CCC1=O. The number of nitrogens with zero attached hydrogens (tertiary/aromatic N) is 1. The van der Waals surface area contributed by atoms with Gasteiger partial charge < -0.3 is 5.32 Å². The highest BCUT2D eigenvalue weighted by Gasteiger charge is 2.30. The van der Waals surface area contributed by atoms with Crippen LogP contribution >= 0.6 is 22.6 Å². The number of halogens is 1. The zero-order valence-electron chi connectivity index (χ0n) is 10.4. The van der Waals surface area contributed by atoms with Gasteiger partial charge in [-0.3, -0.25) is 19.3 Å². The molecule has 2 rings (SSSR count). The lowest BCUT2D eigenvalue weighted by molar-refractivity contribution is -0.141. The third-order valence-corrected chi connectivity index (χ3v) is 3.59. The van der Waals surface area contributed by atoms with Crippen LogP contribution in [-0.2, 0) is 14.4 Å². The fourth-order valence-corrected chi connectivity index (χ4v) is 2.55. The molecule has 5 nitrogen and oxygen atoms in total. The minimum atomic E-state index is -0.354. The summed E-state index contributed by atoms with van der Waals surface area (Å²) in [6.07, 6.45) is 0.406. The normalized spacial score (nSPS) is 14.9. The van der Waals surface area contributed by atoms with Crippen molar-refractivity contribution in [2.45, 2.75) is 19.8 Å². The van der Waals surface area contributed by atoms with Crippen molar-refractivity contribution >= 4 is 46.0 Å². The van der Waals surface area contributed by atoms with Crippen LogP contribution in [0.15, 0.2) is 18.2 Å². The lowest BCUT2D eigenvalue weighted by Gasteiger charge is -2.14. The fourth-order valence-electron chi connectivity index (χ4n) is 1.90. The molecular formula is C13H13IN2O3. The van der Waals surface area contributed by atoms with Crippen LogP contribution in [-0.4, -0.2) is 29.2 Å². The Morgan fingerprint density at radius 2 is 1.95 bits per heavy atom. The topological polar surface area (TPSA) is 66.5 Å². The van der Waals surface area contributed by atoms with Crippen molar-refractivity contribution in [3.63, 3.8) is 0 Å². The van der Waals surface area contributed by atoms with E-state index in [0.29, 0.717) is 5.69 Å². The maximum Gasteiger partial charge on any atom is 0.244 e. The van der Waals surface area contributed by atoms with Crippen LogP contribution in [0.25, 0.3) is 0 Å². The highest BCUT2D eigenvalue weighted by Crippen LogP contribution is 2.18. The van der Waals surface area contributed by atoms with Crippen LogP contribution in [0.5, 0.6) is 0 Å². The van der Waals surface area contributed by atoms with Gasteiger partial charge in [0.05, 0.1) is 0 Å². The predicted molar refractivity (Wildman–Crippen MR) is 78.5 cm³/mol. The summed E-state index contributed by atoms with van der Waals surface area (Å²) in [5.41, 5.74) is 1.64. The van der Waals surface area contributed by atoms with Crippen LogP contribution in [0.4, 0.5) is 5.69 Å². The number of hydrogen-bond donors (Lipinski definition) is 1. The highest BCUT2D eigenvalue weighted by molar-refractivity contribution is 14.1. The van der Waals surface area contributed by atoms with Crippen molar-refractivity contribution in [3.05, 3.63) is 27.3 Å². The summed E-state index contributed by atoms with van der Waals surface area (Å²) < 4.78 is 1.08. The maximum absolute atomic E-state index is 11.8. The predicted octanol–water partition coefficient (Wildman–Crippen LogP) is 1.69. The molecule has 0 radical (unpaired) electrons. The zero-order valence-corrected chi connectivity index (χ0v) is 12.6. The van der Waals surface area contributed by atoms with Gasteiger partial charge in [-0.2, -0.15) is 0 Å². The number of carbonyl (C=O) groups excluding carboxylic acids is 3. The van der Waals surface area contributed by atoms with Crippen molar-refractivity contribution in [2.75, 3.05) is 11.9 Å². The first kappa shape index (κ1) is 14.0. The van der Waals surface area contributed by atoms with Crippen molar-refractivity contribution < 1.29 is 14.4 Å². The Morgan fingerprint density at radius 3 is 2.53 bits per heavy atom. The molecule has 0 unspecified atom stereocenters. The molecule has 1 fully saturated rings. The fraction of sp³-hybridized carbons (Fsp3) is 0.308. The molecule has 1 heterocycles. The number of amides is 3. The molecule has 0 atom stereocenters. The molecular weight excluding hydrogens is 359 g/mol. The summed E-state index contributed by atoms with van der Waals surface area (Å²) in [6, 6.07) is 5.64. The summed E-state index contributed by atoms with van der Waals surface area (Å²) in [5.74, 6) is -0.910. The average Bonchev–Trinajstić information content (AvgIpc) is 2.65. The highest BCUT2D eigenvalue weighted by atomic mass is 127. The minimum absolute atomic E-state index is 0.203. The molecule has 0 aromatic heterocycles. The second-order valence-electron chi connectivity index (χ2n) is 4.38. The largest absolute Gasteiger partial charge is 0.324 e. The van der Waals surface area contributed by atoms with E-state index in [0.717, 1.165) is 14.0 Å². The molecule has 1 aliphatic rings. The number of likely N-dealkylation sites (tertiary alicyclic amines) is 1. The summed E-state index contributed by atoms with van der Waals surface area (Å²) >= 11 is 2.19.